The highest BCUT2D eigenvalue weighted by atomic mass is 32.2. The topological polar surface area (TPSA) is 149 Å². The molecule has 1 unspecified atom stereocenters. The van der Waals surface area contributed by atoms with E-state index in [0.717, 1.165) is 10.5 Å². The van der Waals surface area contributed by atoms with Gasteiger partial charge in [0.25, 0.3) is 11.8 Å². The zero-order valence-electron chi connectivity index (χ0n) is 27.2. The number of thioether (sulfide) groups is 1. The maximum atomic E-state index is 13.6. The third kappa shape index (κ3) is 9.18. The van der Waals surface area contributed by atoms with E-state index < -0.39 is 23.0 Å². The van der Waals surface area contributed by atoms with Crippen molar-refractivity contribution < 1.29 is 28.7 Å². The highest BCUT2D eigenvalue weighted by Gasteiger charge is 2.23. The SMILES string of the molecule is COc1ccc(/C=C(\NC(=O)c2ccccc2)C(=O)Nc2ccc(SC(C(=O)Nc3ccc(C(N)=O)cc3)c3ccccc3)cc2)c(OC)c1. The quantitative estimate of drug-likeness (QED) is 0.0797. The molecule has 50 heavy (non-hydrogen) atoms. The second-order valence-electron chi connectivity index (χ2n) is 10.8. The van der Waals surface area contributed by atoms with Crippen molar-refractivity contribution in [1.29, 1.82) is 0 Å². The Morgan fingerprint density at radius 1 is 0.700 bits per heavy atom. The number of benzene rings is 5. The van der Waals surface area contributed by atoms with E-state index in [-0.39, 0.29) is 11.6 Å². The van der Waals surface area contributed by atoms with Gasteiger partial charge in [0.05, 0.1) is 14.2 Å². The summed E-state index contributed by atoms with van der Waals surface area (Å²) < 4.78 is 10.8. The lowest BCUT2D eigenvalue weighted by atomic mass is 10.1. The molecule has 0 aliphatic heterocycles. The summed E-state index contributed by atoms with van der Waals surface area (Å²) in [6.07, 6.45) is 1.53. The summed E-state index contributed by atoms with van der Waals surface area (Å²) in [5.41, 5.74) is 8.38. The largest absolute Gasteiger partial charge is 0.497 e. The summed E-state index contributed by atoms with van der Waals surface area (Å²) in [7, 11) is 3.04. The molecule has 1 atom stereocenters. The van der Waals surface area contributed by atoms with E-state index in [1.54, 1.807) is 97.1 Å². The maximum Gasteiger partial charge on any atom is 0.272 e. The number of carbonyl (C=O) groups is 4. The zero-order valence-corrected chi connectivity index (χ0v) is 28.0. The number of rotatable bonds is 13. The molecule has 5 aromatic rings. The summed E-state index contributed by atoms with van der Waals surface area (Å²) in [4.78, 5) is 52.4. The van der Waals surface area contributed by atoms with Gasteiger partial charge in [0.1, 0.15) is 22.4 Å². The van der Waals surface area contributed by atoms with Gasteiger partial charge in [-0.2, -0.15) is 0 Å². The standard InChI is InChI=1S/C39H34N4O6S/c1-48-31-20-15-28(34(24-31)49-2)23-33(43-37(45)27-11-7-4-8-12-27)38(46)41-30-18-21-32(22-19-30)50-35(25-9-5-3-6-10-25)39(47)42-29-16-13-26(14-17-29)36(40)44/h3-24,35H,1-2H3,(H2,40,44)(H,41,46)(H,42,47)(H,43,45)/b33-23-. The first-order chi connectivity index (χ1) is 24.2. The van der Waals surface area contributed by atoms with Crippen LogP contribution in [0.3, 0.4) is 0 Å². The first kappa shape index (κ1) is 35.0. The molecule has 0 spiro atoms. The summed E-state index contributed by atoms with van der Waals surface area (Å²) in [5.74, 6) is -0.811. The Bertz CT molecular complexity index is 2000. The number of amides is 4. The van der Waals surface area contributed by atoms with Crippen LogP contribution in [-0.2, 0) is 9.59 Å². The number of methoxy groups -OCH3 is 2. The second kappa shape index (κ2) is 16.7. The third-order valence-corrected chi connectivity index (χ3v) is 8.68. The smallest absolute Gasteiger partial charge is 0.272 e. The lowest BCUT2D eigenvalue weighted by Crippen LogP contribution is -2.30. The van der Waals surface area contributed by atoms with E-state index in [9.17, 15) is 19.2 Å². The lowest BCUT2D eigenvalue weighted by Gasteiger charge is -2.18. The Hall–Kier alpha value is -6.33. The van der Waals surface area contributed by atoms with Crippen LogP contribution in [-0.4, -0.2) is 37.8 Å². The molecule has 0 saturated carbocycles. The molecule has 0 aromatic heterocycles. The van der Waals surface area contributed by atoms with Crippen molar-refractivity contribution in [2.45, 2.75) is 10.1 Å². The molecule has 0 aliphatic carbocycles. The van der Waals surface area contributed by atoms with Crippen molar-refractivity contribution in [3.63, 3.8) is 0 Å². The van der Waals surface area contributed by atoms with Crippen molar-refractivity contribution in [3.05, 3.63) is 155 Å². The number of nitrogens with one attached hydrogen (secondary N) is 3. The Morgan fingerprint density at radius 3 is 1.94 bits per heavy atom. The van der Waals surface area contributed by atoms with E-state index in [1.807, 2.05) is 30.3 Å². The average Bonchev–Trinajstić information content (AvgIpc) is 3.15. The summed E-state index contributed by atoms with van der Waals surface area (Å²) in [5, 5.41) is 7.88. The van der Waals surface area contributed by atoms with Gasteiger partial charge in [-0.05, 0) is 84.4 Å². The Labute approximate surface area is 293 Å². The molecule has 0 fully saturated rings. The van der Waals surface area contributed by atoms with Crippen LogP contribution >= 0.6 is 11.8 Å². The Kier molecular flexibility index (Phi) is 11.7. The molecule has 0 radical (unpaired) electrons. The third-order valence-electron chi connectivity index (χ3n) is 7.41. The predicted octanol–water partition coefficient (Wildman–Crippen LogP) is 6.68. The van der Waals surface area contributed by atoms with Crippen LogP contribution in [0.4, 0.5) is 11.4 Å². The van der Waals surface area contributed by atoms with Crippen molar-refractivity contribution in [2.24, 2.45) is 5.73 Å². The van der Waals surface area contributed by atoms with E-state index in [4.69, 9.17) is 15.2 Å². The number of hydrogen-bond acceptors (Lipinski definition) is 7. The maximum absolute atomic E-state index is 13.6. The van der Waals surface area contributed by atoms with Gasteiger partial charge >= 0.3 is 0 Å². The number of ether oxygens (including phenoxy) is 2. The van der Waals surface area contributed by atoms with Crippen molar-refractivity contribution in [1.82, 2.24) is 5.32 Å². The van der Waals surface area contributed by atoms with Gasteiger partial charge in [0.15, 0.2) is 0 Å². The molecule has 0 heterocycles. The van der Waals surface area contributed by atoms with Crippen LogP contribution in [0.5, 0.6) is 11.5 Å². The van der Waals surface area contributed by atoms with Crippen LogP contribution in [0, 0.1) is 0 Å². The van der Waals surface area contributed by atoms with Gasteiger partial charge in [0.2, 0.25) is 11.8 Å². The van der Waals surface area contributed by atoms with Gasteiger partial charge in [0, 0.05) is 39.0 Å². The van der Waals surface area contributed by atoms with Gasteiger partial charge in [-0.15, -0.1) is 11.8 Å². The second-order valence-corrected chi connectivity index (χ2v) is 12.0. The van der Waals surface area contributed by atoms with Gasteiger partial charge in [-0.3, -0.25) is 19.2 Å². The molecular weight excluding hydrogens is 653 g/mol. The molecular formula is C39H34N4O6S. The van der Waals surface area contributed by atoms with Crippen molar-refractivity contribution in [2.75, 3.05) is 24.9 Å². The molecule has 0 bridgehead atoms. The monoisotopic (exact) mass is 686 g/mol. The highest BCUT2D eigenvalue weighted by Crippen LogP contribution is 2.37. The minimum Gasteiger partial charge on any atom is -0.497 e. The van der Waals surface area contributed by atoms with Crippen LogP contribution in [0.15, 0.2) is 138 Å². The molecule has 10 nitrogen and oxygen atoms in total. The molecule has 5 N–H and O–H groups in total. The number of nitrogens with two attached hydrogens (primary N) is 1. The Balaban J connectivity index is 1.35. The van der Waals surface area contributed by atoms with Gasteiger partial charge < -0.3 is 31.2 Å². The number of hydrogen-bond donors (Lipinski definition) is 4. The molecule has 0 aliphatic rings. The minimum atomic E-state index is -0.616. The van der Waals surface area contributed by atoms with E-state index in [0.29, 0.717) is 39.6 Å². The highest BCUT2D eigenvalue weighted by molar-refractivity contribution is 8.00. The van der Waals surface area contributed by atoms with Crippen molar-refractivity contribution >= 4 is 52.8 Å². The fraction of sp³-hybridized carbons (Fsp3) is 0.0769. The number of primary amides is 1. The minimum absolute atomic E-state index is 0.00885. The van der Waals surface area contributed by atoms with Crippen LogP contribution in [0.2, 0.25) is 0 Å². The van der Waals surface area contributed by atoms with Gasteiger partial charge in [-0.25, -0.2) is 0 Å². The molecule has 4 amide bonds. The normalized spacial score (nSPS) is 11.5. The molecule has 0 saturated heterocycles. The molecule has 11 heteroatoms. The predicted molar refractivity (Wildman–Crippen MR) is 195 cm³/mol. The molecule has 5 rings (SSSR count). The van der Waals surface area contributed by atoms with Crippen LogP contribution in [0.1, 0.15) is 37.1 Å². The first-order valence-electron chi connectivity index (χ1n) is 15.4. The van der Waals surface area contributed by atoms with E-state index in [1.165, 1.54) is 32.1 Å². The van der Waals surface area contributed by atoms with Crippen molar-refractivity contribution in [3.8, 4) is 11.5 Å². The lowest BCUT2D eigenvalue weighted by molar-refractivity contribution is -0.116. The fourth-order valence-electron chi connectivity index (χ4n) is 4.81. The molecule has 5 aromatic carbocycles. The number of anilines is 2. The zero-order chi connectivity index (χ0) is 35.5. The summed E-state index contributed by atoms with van der Waals surface area (Å²) in [6, 6.07) is 36.4. The Morgan fingerprint density at radius 2 is 1.32 bits per heavy atom. The fourth-order valence-corrected chi connectivity index (χ4v) is 5.84. The van der Waals surface area contributed by atoms with E-state index in [2.05, 4.69) is 16.0 Å². The molecule has 252 valence electrons. The van der Waals surface area contributed by atoms with E-state index >= 15 is 0 Å². The summed E-state index contributed by atoms with van der Waals surface area (Å²) in [6.45, 7) is 0. The average molecular weight is 687 g/mol. The van der Waals surface area contributed by atoms with Crippen LogP contribution in [0.25, 0.3) is 6.08 Å². The number of carbonyl (C=O) groups excluding carboxylic acids is 4. The van der Waals surface area contributed by atoms with Gasteiger partial charge in [-0.1, -0.05) is 48.5 Å². The summed E-state index contributed by atoms with van der Waals surface area (Å²) >= 11 is 1.33. The first-order valence-corrected chi connectivity index (χ1v) is 16.3. The van der Waals surface area contributed by atoms with Crippen LogP contribution < -0.4 is 31.2 Å².